The number of ether oxygens (including phenoxy) is 5. The zero-order chi connectivity index (χ0) is 81.7. The average molecular weight is 1760 g/mol. The molecule has 9 heterocycles. The number of carbonyl (C=O) groups is 3. The van der Waals surface area contributed by atoms with Crippen LogP contribution in [0.25, 0.3) is 28.9 Å². The number of hydrogen-bond acceptors (Lipinski definition) is 24. The number of benzene rings is 5. The van der Waals surface area contributed by atoms with Crippen molar-refractivity contribution in [3.63, 3.8) is 0 Å². The number of nitrogens with one attached hydrogen (secondary N) is 5. The van der Waals surface area contributed by atoms with Gasteiger partial charge in [0.1, 0.15) is 64.4 Å². The van der Waals surface area contributed by atoms with Gasteiger partial charge in [0.05, 0.1) is 95.5 Å². The lowest BCUT2D eigenvalue weighted by Gasteiger charge is -2.14. The number of aromatic carboxylic acids is 1. The number of aromatic nitrogens is 16. The van der Waals surface area contributed by atoms with Crippen LogP contribution in [0.3, 0.4) is 0 Å². The van der Waals surface area contributed by atoms with Crippen LogP contribution in [0.2, 0.25) is 5.28 Å². The van der Waals surface area contributed by atoms with E-state index >= 15 is 0 Å². The van der Waals surface area contributed by atoms with E-state index in [1.165, 1.54) is 92.7 Å². The lowest BCUT2D eigenvalue weighted by atomic mass is 10.1. The van der Waals surface area contributed by atoms with Gasteiger partial charge in [-0.25, -0.2) is 61.1 Å². The molecule has 0 unspecified atom stereocenters. The molecule has 1 amide bonds. The first-order valence-corrected chi connectivity index (χ1v) is 34.6. The maximum absolute atomic E-state index is 14.0. The number of nitrogens with zero attached hydrogens (tertiary/aromatic N) is 12. The third-order valence-corrected chi connectivity index (χ3v) is 15.9. The number of methoxy groups -OCH3 is 4. The number of H-pyrrole nitrogens is 4. The van der Waals surface area contributed by atoms with Crippen LogP contribution >= 0.6 is 35.6 Å². The fourth-order valence-corrected chi connectivity index (χ4v) is 10.2. The Morgan fingerprint density at radius 1 is 0.534 bits per heavy atom. The Kier molecular flexibility index (Phi) is 42.4. The van der Waals surface area contributed by atoms with Crippen molar-refractivity contribution in [3.8, 4) is 28.9 Å². The highest BCUT2D eigenvalue weighted by atomic mass is 127. The number of anilines is 2. The monoisotopic (exact) mass is 1760 g/mol. The van der Waals surface area contributed by atoms with Crippen molar-refractivity contribution in [2.45, 2.75) is 66.5 Å². The standard InChI is InChI=1S/C17H13FN6O.C15H18FN3O3.C13H10FN3O.C13H13FN2O2.C11H9FN2O2.C4H4ClN3.C4H11NO2.2CH4.B.HI.H2/c18-13-4-2-1-3-11(13)9-14-12(16-20-7-8-25-16)10-24(23-14)17-21-6-5-15(19)22-17;1-21-14(22-2)9-17-15(20)11-8-18-19-13(11)7-10-5-3-4-6-12(10)16;14-11-4-2-1-3-9(11)7-12-10(8-16-17-12)13-15-5-6-18-13;1-2-18-13(17)10-8-15-16-12(10)7-9-5-3-4-6-11(9)14;12-9-4-2-1-3-7(9)5-10-8(11(15)16)6-13-14-10;5-4-7-2-1-3(6)8-4;1-6-4(3-5)7-2;;;;;/h1-8,10H,9H2,(H2,19,21,22);3-6,8,14H,7,9H2,1-2H3,(H,17,20)(H,18,19);1-6,8H,7H2,(H,16,17);3-6,8H,2,7H2,1H3,(H,15,16);1-4,6H,5H2,(H,13,14)(H,15,16);1-2H,(H2,6,7,8);4H,3,5H2,1-2H3;2*1H4;;2*1H. The molecule has 9 aromatic heterocycles. The van der Waals surface area contributed by atoms with Crippen LogP contribution in [0.5, 0.6) is 0 Å². The highest BCUT2D eigenvalue weighted by molar-refractivity contribution is 14.0. The second-order valence-electron chi connectivity index (χ2n) is 23.3. The van der Waals surface area contributed by atoms with E-state index in [0.29, 0.717) is 116 Å². The lowest BCUT2D eigenvalue weighted by Crippen LogP contribution is -2.34. The van der Waals surface area contributed by atoms with Crippen molar-refractivity contribution in [2.75, 3.05) is 59.6 Å². The SMILES string of the molecule is C.C.CCOC(=O)c1cn[nH]c1Cc1ccccc1F.COC(CN)OC.COC(CNC(=O)c1cn[nH]c1Cc1ccccc1F)OC.Fc1ccccc1Cc1[nH]ncc1-c1ncco1.I.Nc1ccnc(-n2cc(-c3ncco3)c(Cc3ccccc3F)n2)n1.Nc1ccnc(Cl)n1.O=C(O)c1cn[nH]c1Cc1ccccc1F.[B].[HH]. The van der Waals surface area contributed by atoms with E-state index in [1.807, 2.05) is 0 Å². The molecule has 31 nitrogen and oxygen atoms in total. The molecular weight excluding hydrogens is 1670 g/mol. The fourth-order valence-electron chi connectivity index (χ4n) is 10.1. The average Bonchev–Trinajstić information content (AvgIpc) is 1.65. The molecule has 39 heteroatoms. The summed E-state index contributed by atoms with van der Waals surface area (Å²) in [6.45, 7) is 2.64. The second kappa shape index (κ2) is 51.3. The Balaban J connectivity index is 0.000000367. The summed E-state index contributed by atoms with van der Waals surface area (Å²) in [5, 5.41) is 42.3. The smallest absolute Gasteiger partial charge is 0.341 e. The molecule has 118 heavy (non-hydrogen) atoms. The molecule has 0 aliphatic heterocycles. The minimum Gasteiger partial charge on any atom is -0.478 e. The maximum atomic E-state index is 14.0. The van der Waals surface area contributed by atoms with Crippen molar-refractivity contribution in [3.05, 3.63) is 309 Å². The van der Waals surface area contributed by atoms with Crippen LogP contribution in [-0.4, -0.2) is 173 Å². The molecular formula is C79H89BClF5IN20O11. The highest BCUT2D eigenvalue weighted by Gasteiger charge is 2.22. The minimum absolute atomic E-state index is 0. The van der Waals surface area contributed by atoms with Crippen LogP contribution in [-0.2, 0) is 55.8 Å². The number of hydrogen-bond donors (Lipinski definition) is 9. The maximum Gasteiger partial charge on any atom is 0.341 e. The Morgan fingerprint density at radius 2 is 0.932 bits per heavy atom. The summed E-state index contributed by atoms with van der Waals surface area (Å²) in [4.78, 5) is 58.3. The highest BCUT2D eigenvalue weighted by Crippen LogP contribution is 2.27. The summed E-state index contributed by atoms with van der Waals surface area (Å²) in [7, 11) is 6.09. The minimum atomic E-state index is -1.07. The predicted molar refractivity (Wildman–Crippen MR) is 443 cm³/mol. The van der Waals surface area contributed by atoms with Crippen LogP contribution in [0, 0.1) is 29.1 Å². The van der Waals surface area contributed by atoms with Gasteiger partial charge in [-0.05, 0) is 88.8 Å². The zero-order valence-electron chi connectivity index (χ0n) is 62.7. The van der Waals surface area contributed by atoms with E-state index < -0.39 is 18.2 Å². The Bertz CT molecular complexity index is 5260. The van der Waals surface area contributed by atoms with Gasteiger partial charge >= 0.3 is 11.9 Å². The molecule has 0 atom stereocenters. The molecule has 623 valence electrons. The first kappa shape index (κ1) is 97.6. The molecule has 3 radical (unpaired) electrons. The quantitative estimate of drug-likeness (QED) is 0.00677. The van der Waals surface area contributed by atoms with Crippen LogP contribution in [0.1, 0.15) is 111 Å². The molecule has 5 aromatic carbocycles. The lowest BCUT2D eigenvalue weighted by molar-refractivity contribution is -0.0974. The van der Waals surface area contributed by atoms with E-state index in [9.17, 15) is 36.3 Å². The van der Waals surface area contributed by atoms with Gasteiger partial charge in [0.15, 0.2) is 12.6 Å². The zero-order valence-corrected chi connectivity index (χ0v) is 65.8. The molecule has 0 aliphatic carbocycles. The van der Waals surface area contributed by atoms with E-state index in [2.05, 4.69) is 81.1 Å². The number of carboxylic acid groups (broad SMARTS) is 1. The first-order chi connectivity index (χ1) is 55.2. The van der Waals surface area contributed by atoms with Gasteiger partial charge in [0, 0.05) is 95.5 Å². The first-order valence-electron chi connectivity index (χ1n) is 34.2. The Labute approximate surface area is 700 Å². The van der Waals surface area contributed by atoms with Crippen molar-refractivity contribution in [1.82, 2.24) is 85.8 Å². The van der Waals surface area contributed by atoms with Crippen molar-refractivity contribution < 1.29 is 75.4 Å². The predicted octanol–water partition coefficient (Wildman–Crippen LogP) is 13.1. The number of amides is 1. The third kappa shape index (κ3) is 29.8. The summed E-state index contributed by atoms with van der Waals surface area (Å²) in [5.41, 5.74) is 23.7. The number of oxazole rings is 2. The van der Waals surface area contributed by atoms with Gasteiger partial charge in [0.2, 0.25) is 17.1 Å². The number of carbonyl (C=O) groups excluding carboxylic acids is 2. The van der Waals surface area contributed by atoms with Gasteiger partial charge in [-0.3, -0.25) is 25.2 Å². The molecule has 14 aromatic rings. The van der Waals surface area contributed by atoms with E-state index in [4.69, 9.17) is 66.4 Å². The molecule has 0 aliphatic rings. The summed E-state index contributed by atoms with van der Waals surface area (Å²) >= 11 is 5.34. The van der Waals surface area contributed by atoms with E-state index in [1.54, 1.807) is 149 Å². The Hall–Kier alpha value is -12.7. The summed E-state index contributed by atoms with van der Waals surface area (Å²) in [6, 6.07) is 35.5. The molecule has 0 saturated carbocycles. The van der Waals surface area contributed by atoms with Gasteiger partial charge in [0.25, 0.3) is 11.9 Å². The molecule has 0 saturated heterocycles. The number of nitrogen functional groups attached to an aromatic ring is 2. The van der Waals surface area contributed by atoms with Crippen LogP contribution in [0.15, 0.2) is 211 Å². The van der Waals surface area contributed by atoms with E-state index in [0.717, 1.165) is 11.3 Å². The largest absolute Gasteiger partial charge is 0.478 e. The van der Waals surface area contributed by atoms with Gasteiger partial charge in [-0.15, -0.1) is 24.0 Å². The second-order valence-corrected chi connectivity index (χ2v) is 23.6. The van der Waals surface area contributed by atoms with Gasteiger partial charge < -0.3 is 60.1 Å². The molecule has 0 spiro atoms. The Morgan fingerprint density at radius 3 is 1.33 bits per heavy atom. The molecule has 0 bridgehead atoms. The van der Waals surface area contributed by atoms with Crippen molar-refractivity contribution >= 4 is 73.5 Å². The number of halogens is 7. The van der Waals surface area contributed by atoms with Gasteiger partial charge in [-0.1, -0.05) is 106 Å². The van der Waals surface area contributed by atoms with Gasteiger partial charge in [-0.2, -0.15) is 30.5 Å². The molecule has 14 rings (SSSR count). The molecule has 12 N–H and O–H groups in total. The van der Waals surface area contributed by atoms with Crippen molar-refractivity contribution in [1.29, 1.82) is 0 Å². The van der Waals surface area contributed by atoms with Crippen molar-refractivity contribution in [2.24, 2.45) is 5.73 Å². The number of nitrogens with two attached hydrogens (primary N) is 3. The topological polar surface area (TPSA) is 444 Å². The normalized spacial score (nSPS) is 10.2. The summed E-state index contributed by atoms with van der Waals surface area (Å²) in [5.74, 6) is -1.43. The third-order valence-electron chi connectivity index (χ3n) is 15.8. The summed E-state index contributed by atoms with van der Waals surface area (Å²) < 4.78 is 105. The van der Waals surface area contributed by atoms with Crippen LogP contribution in [0.4, 0.5) is 33.6 Å². The number of carboxylic acids is 1. The number of esters is 1. The number of aromatic amines is 4. The molecule has 0 fully saturated rings. The van der Waals surface area contributed by atoms with E-state index in [-0.39, 0.29) is 133 Å². The number of rotatable bonds is 24. The fraction of sp³-hybridized carbons (Fsp3) is 0.215. The van der Waals surface area contributed by atoms with Crippen LogP contribution < -0.4 is 22.5 Å². The summed E-state index contributed by atoms with van der Waals surface area (Å²) in [6.07, 6.45) is 17.1.